The molecule has 2 aliphatic rings. The lowest BCUT2D eigenvalue weighted by Gasteiger charge is -2.37. The molecule has 2 atom stereocenters. The Labute approximate surface area is 118 Å². The Morgan fingerprint density at radius 1 is 1.40 bits per heavy atom. The number of amides is 1. The first kappa shape index (κ1) is 13.5. The van der Waals surface area contributed by atoms with Crippen molar-refractivity contribution in [2.75, 3.05) is 32.8 Å². The van der Waals surface area contributed by atoms with Gasteiger partial charge in [-0.1, -0.05) is 0 Å². The number of fused-ring (bicyclic) bond motifs is 1. The van der Waals surface area contributed by atoms with Gasteiger partial charge in [-0.05, 0) is 19.4 Å². The Morgan fingerprint density at radius 2 is 2.30 bits per heavy atom. The van der Waals surface area contributed by atoms with Crippen molar-refractivity contribution in [1.82, 2.24) is 20.0 Å². The zero-order valence-electron chi connectivity index (χ0n) is 11.7. The van der Waals surface area contributed by atoms with Crippen molar-refractivity contribution in [2.45, 2.75) is 25.5 Å². The molecule has 2 fully saturated rings. The topological polar surface area (TPSA) is 58.6 Å². The minimum absolute atomic E-state index is 0.0550. The Morgan fingerprint density at radius 3 is 3.05 bits per heavy atom. The van der Waals surface area contributed by atoms with Gasteiger partial charge >= 0.3 is 0 Å². The summed E-state index contributed by atoms with van der Waals surface area (Å²) in [5.74, 6) is 0.0550. The monoisotopic (exact) mass is 276 g/mol. The van der Waals surface area contributed by atoms with Crippen LogP contribution >= 0.6 is 0 Å². The van der Waals surface area contributed by atoms with E-state index in [1.54, 1.807) is 12.3 Å². The van der Waals surface area contributed by atoms with E-state index in [-0.39, 0.29) is 5.91 Å². The first-order valence-corrected chi connectivity index (χ1v) is 7.19. The van der Waals surface area contributed by atoms with Crippen molar-refractivity contribution < 1.29 is 9.53 Å². The number of carbonyl (C=O) groups excluding carboxylic acids is 1. The minimum atomic E-state index is 0.0550. The third kappa shape index (κ3) is 2.66. The van der Waals surface area contributed by atoms with Crippen LogP contribution in [0.5, 0.6) is 0 Å². The fourth-order valence-corrected chi connectivity index (χ4v) is 3.14. The molecule has 0 N–H and O–H groups in total. The second kappa shape index (κ2) is 5.85. The largest absolute Gasteiger partial charge is 0.377 e. The number of nitrogens with zero attached hydrogens (tertiary/aromatic N) is 4. The summed E-state index contributed by atoms with van der Waals surface area (Å²) in [5, 5.41) is 7.49. The lowest BCUT2D eigenvalue weighted by Crippen LogP contribution is -2.52. The number of carbonyl (C=O) groups is 1. The van der Waals surface area contributed by atoms with Gasteiger partial charge in [-0.15, -0.1) is 0 Å². The van der Waals surface area contributed by atoms with Crippen molar-refractivity contribution in [3.8, 4) is 0 Å². The molecular formula is C14H20N4O2. The summed E-state index contributed by atoms with van der Waals surface area (Å²) in [5.41, 5.74) is 0.618. The fourth-order valence-electron chi connectivity index (χ4n) is 3.14. The zero-order chi connectivity index (χ0) is 13.9. The van der Waals surface area contributed by atoms with Gasteiger partial charge in [0.25, 0.3) is 5.91 Å². The van der Waals surface area contributed by atoms with Crippen LogP contribution < -0.4 is 0 Å². The molecule has 0 radical (unpaired) electrons. The summed E-state index contributed by atoms with van der Waals surface area (Å²) >= 11 is 0. The first-order chi connectivity index (χ1) is 9.78. The second-order valence-corrected chi connectivity index (χ2v) is 5.34. The van der Waals surface area contributed by atoms with Gasteiger partial charge < -0.3 is 9.64 Å². The highest BCUT2D eigenvalue weighted by atomic mass is 16.5. The van der Waals surface area contributed by atoms with Crippen LogP contribution in [0.1, 0.15) is 23.7 Å². The molecular weight excluding hydrogens is 256 g/mol. The molecule has 1 aromatic heterocycles. The molecule has 1 amide bonds. The Hall–Kier alpha value is -1.53. The molecule has 0 saturated carbocycles. The van der Waals surface area contributed by atoms with Crippen LogP contribution in [0.4, 0.5) is 0 Å². The van der Waals surface area contributed by atoms with Crippen molar-refractivity contribution >= 4 is 5.91 Å². The maximum atomic E-state index is 12.4. The Bertz CT molecular complexity index is 468. The highest BCUT2D eigenvalue weighted by Crippen LogP contribution is 2.24. The number of hydrogen-bond donors (Lipinski definition) is 0. The highest BCUT2D eigenvalue weighted by molar-refractivity contribution is 5.93. The van der Waals surface area contributed by atoms with Crippen LogP contribution in [0, 0.1) is 0 Å². The predicted molar refractivity (Wildman–Crippen MR) is 73.3 cm³/mol. The third-order valence-corrected chi connectivity index (χ3v) is 4.10. The second-order valence-electron chi connectivity index (χ2n) is 5.34. The molecule has 6 nitrogen and oxygen atoms in total. The molecule has 20 heavy (non-hydrogen) atoms. The lowest BCUT2D eigenvalue weighted by molar-refractivity contribution is 0.0553. The van der Waals surface area contributed by atoms with E-state index in [4.69, 9.17) is 4.74 Å². The highest BCUT2D eigenvalue weighted by Gasteiger charge is 2.37. The summed E-state index contributed by atoms with van der Waals surface area (Å²) in [6.45, 7) is 6.28. The number of ether oxygens (including phenoxy) is 1. The molecule has 2 aliphatic heterocycles. The van der Waals surface area contributed by atoms with Gasteiger partial charge in [-0.2, -0.15) is 10.2 Å². The summed E-state index contributed by atoms with van der Waals surface area (Å²) < 4.78 is 5.71. The molecule has 0 aromatic carbocycles. The average Bonchev–Trinajstić information content (AvgIpc) is 2.89. The van der Waals surface area contributed by atoms with Gasteiger partial charge in [0.2, 0.25) is 0 Å². The van der Waals surface area contributed by atoms with Crippen LogP contribution in [0.2, 0.25) is 0 Å². The fraction of sp³-hybridized carbons (Fsp3) is 0.643. The van der Waals surface area contributed by atoms with E-state index in [9.17, 15) is 4.79 Å². The lowest BCUT2D eigenvalue weighted by atomic mass is 10.1. The number of aromatic nitrogens is 2. The van der Waals surface area contributed by atoms with E-state index in [0.717, 1.165) is 39.2 Å². The smallest absolute Gasteiger partial charge is 0.255 e. The normalized spacial score (nSPS) is 26.6. The van der Waals surface area contributed by atoms with Crippen molar-refractivity contribution in [1.29, 1.82) is 0 Å². The van der Waals surface area contributed by atoms with E-state index in [1.165, 1.54) is 6.20 Å². The Balaban J connectivity index is 1.63. The summed E-state index contributed by atoms with van der Waals surface area (Å²) in [7, 11) is 0. The quantitative estimate of drug-likeness (QED) is 0.800. The molecule has 3 rings (SSSR count). The average molecular weight is 276 g/mol. The predicted octanol–water partition coefficient (Wildman–Crippen LogP) is 0.412. The SMILES string of the molecule is CCO[C@@H]1C[C@H]2CN(C(=O)c3ccnnc3)CCN2C1. The van der Waals surface area contributed by atoms with Gasteiger partial charge in [0.1, 0.15) is 0 Å². The van der Waals surface area contributed by atoms with E-state index in [1.807, 2.05) is 11.8 Å². The Kier molecular flexibility index (Phi) is 3.93. The molecule has 0 bridgehead atoms. The molecule has 108 valence electrons. The summed E-state index contributed by atoms with van der Waals surface area (Å²) in [6.07, 6.45) is 4.44. The molecule has 0 unspecified atom stereocenters. The molecule has 2 saturated heterocycles. The molecule has 6 heteroatoms. The van der Waals surface area contributed by atoms with Crippen molar-refractivity contribution in [3.63, 3.8) is 0 Å². The number of piperazine rings is 1. The van der Waals surface area contributed by atoms with Crippen LogP contribution in [-0.4, -0.2) is 70.8 Å². The van der Waals surface area contributed by atoms with Crippen LogP contribution in [-0.2, 0) is 4.74 Å². The molecule has 0 aliphatic carbocycles. The van der Waals surface area contributed by atoms with Crippen molar-refractivity contribution in [2.24, 2.45) is 0 Å². The van der Waals surface area contributed by atoms with Gasteiger partial charge in [0, 0.05) is 38.8 Å². The maximum absolute atomic E-state index is 12.4. The summed E-state index contributed by atoms with van der Waals surface area (Å²) in [6, 6.07) is 2.15. The number of rotatable bonds is 3. The van der Waals surface area contributed by atoms with Crippen LogP contribution in [0.25, 0.3) is 0 Å². The first-order valence-electron chi connectivity index (χ1n) is 7.19. The van der Waals surface area contributed by atoms with Gasteiger partial charge in [0.05, 0.1) is 24.1 Å². The van der Waals surface area contributed by atoms with Crippen molar-refractivity contribution in [3.05, 3.63) is 24.0 Å². The van der Waals surface area contributed by atoms with Crippen LogP contribution in [0.15, 0.2) is 18.5 Å². The van der Waals surface area contributed by atoms with E-state index < -0.39 is 0 Å². The third-order valence-electron chi connectivity index (χ3n) is 4.10. The van der Waals surface area contributed by atoms with E-state index in [2.05, 4.69) is 15.1 Å². The van der Waals surface area contributed by atoms with E-state index in [0.29, 0.717) is 17.7 Å². The minimum Gasteiger partial charge on any atom is -0.377 e. The standard InChI is InChI=1S/C14H20N4O2/c1-2-20-13-7-12-9-18(6-5-17(12)10-13)14(19)11-3-4-15-16-8-11/h3-4,8,12-13H,2,5-7,9-10H2,1H3/t12-,13+/m0/s1. The van der Waals surface area contributed by atoms with Crippen LogP contribution in [0.3, 0.4) is 0 Å². The van der Waals surface area contributed by atoms with Gasteiger partial charge in [0.15, 0.2) is 0 Å². The molecule has 1 aromatic rings. The maximum Gasteiger partial charge on any atom is 0.255 e. The van der Waals surface area contributed by atoms with Gasteiger partial charge in [-0.25, -0.2) is 0 Å². The summed E-state index contributed by atoms with van der Waals surface area (Å²) in [4.78, 5) is 16.8. The number of hydrogen-bond acceptors (Lipinski definition) is 5. The zero-order valence-corrected chi connectivity index (χ0v) is 11.7. The van der Waals surface area contributed by atoms with Gasteiger partial charge in [-0.3, -0.25) is 9.69 Å². The molecule has 3 heterocycles. The molecule has 0 spiro atoms. The van der Waals surface area contributed by atoms with E-state index >= 15 is 0 Å².